The fraction of sp³-hybridized carbons (Fsp3) is 0.125. The number of carbonyl (C=O) groups excluding carboxylic acids is 1. The minimum absolute atomic E-state index is 0.0311. The summed E-state index contributed by atoms with van der Waals surface area (Å²) < 4.78 is 50.9. The summed E-state index contributed by atoms with van der Waals surface area (Å²) in [5.41, 5.74) is 6.58. The van der Waals surface area contributed by atoms with E-state index in [0.29, 0.717) is 41.5 Å². The van der Waals surface area contributed by atoms with Crippen LogP contribution in [0.5, 0.6) is 0 Å². The van der Waals surface area contributed by atoms with Gasteiger partial charge in [0.1, 0.15) is 63.5 Å². The molecule has 0 saturated carbocycles. The van der Waals surface area contributed by atoms with Crippen molar-refractivity contribution in [2.24, 2.45) is 0 Å². The first-order chi connectivity index (χ1) is 18.1. The van der Waals surface area contributed by atoms with Gasteiger partial charge in [-0.3, -0.25) is 0 Å². The Kier molecular flexibility index (Phi) is 10.2. The van der Waals surface area contributed by atoms with Crippen molar-refractivity contribution in [1.29, 1.82) is 0 Å². The Morgan fingerprint density at radius 1 is 0.842 bits per heavy atom. The Balaban J connectivity index is 0.000000172. The van der Waals surface area contributed by atoms with Gasteiger partial charge in [0.2, 0.25) is 0 Å². The zero-order valence-corrected chi connectivity index (χ0v) is 21.5. The lowest BCUT2D eigenvalue weighted by Gasteiger charge is -2.18. The Morgan fingerprint density at radius 2 is 1.42 bits per heavy atom. The van der Waals surface area contributed by atoms with E-state index in [1.807, 2.05) is 0 Å². The van der Waals surface area contributed by atoms with Crippen molar-refractivity contribution in [1.82, 2.24) is 19.9 Å². The van der Waals surface area contributed by atoms with Crippen molar-refractivity contribution in [3.63, 3.8) is 0 Å². The van der Waals surface area contributed by atoms with E-state index in [-0.39, 0.29) is 22.4 Å². The number of nitrogen functional groups attached to an aromatic ring is 1. The van der Waals surface area contributed by atoms with Gasteiger partial charge in [-0.1, -0.05) is 34.8 Å². The van der Waals surface area contributed by atoms with Crippen LogP contribution in [0, 0.1) is 23.3 Å². The lowest BCUT2D eigenvalue weighted by atomic mass is 10.2. The molecule has 0 aliphatic carbocycles. The first-order valence-corrected chi connectivity index (χ1v) is 11.8. The second-order valence-corrected chi connectivity index (χ2v) is 8.51. The molecule has 0 spiro atoms. The van der Waals surface area contributed by atoms with Crippen LogP contribution in [0.2, 0.25) is 15.5 Å². The normalized spacial score (nSPS) is 11.6. The lowest BCUT2D eigenvalue weighted by molar-refractivity contribution is -0.107. The molecule has 0 radical (unpaired) electrons. The SMILES string of the molecule is Fc1ccc(N2CCc3c(Cl)ncnc32)c(F)c1.Nc1ccc(F)cc1F.O=CCc1c(Cl)ncnc1Cl. The predicted octanol–water partition coefficient (Wildman–Crippen LogP) is 6.17. The van der Waals surface area contributed by atoms with Crippen LogP contribution in [0.3, 0.4) is 0 Å². The molecule has 1 aliphatic rings. The highest BCUT2D eigenvalue weighted by atomic mass is 35.5. The van der Waals surface area contributed by atoms with Crippen LogP contribution < -0.4 is 10.6 Å². The topological polar surface area (TPSA) is 97.9 Å². The van der Waals surface area contributed by atoms with E-state index < -0.39 is 23.3 Å². The van der Waals surface area contributed by atoms with Crippen LogP contribution in [0.25, 0.3) is 0 Å². The maximum atomic E-state index is 13.7. The third-order valence-electron chi connectivity index (χ3n) is 5.00. The predicted molar refractivity (Wildman–Crippen MR) is 137 cm³/mol. The number of halogens is 7. The molecule has 0 bridgehead atoms. The van der Waals surface area contributed by atoms with Crippen LogP contribution in [0.15, 0.2) is 49.1 Å². The number of hydrogen-bond acceptors (Lipinski definition) is 7. The smallest absolute Gasteiger partial charge is 0.149 e. The van der Waals surface area contributed by atoms with E-state index in [0.717, 1.165) is 23.8 Å². The molecule has 0 atom stereocenters. The Morgan fingerprint density at radius 3 is 2.00 bits per heavy atom. The van der Waals surface area contributed by atoms with Crippen molar-refractivity contribution in [2.45, 2.75) is 12.8 Å². The molecular weight excluding hydrogens is 571 g/mol. The summed E-state index contributed by atoms with van der Waals surface area (Å²) in [6.07, 6.45) is 4.08. The highest BCUT2D eigenvalue weighted by Crippen LogP contribution is 2.36. The Labute approximate surface area is 229 Å². The molecule has 0 amide bonds. The highest BCUT2D eigenvalue weighted by molar-refractivity contribution is 6.34. The first kappa shape index (κ1) is 29.0. The second kappa shape index (κ2) is 13.3. The number of hydrogen-bond donors (Lipinski definition) is 1. The van der Waals surface area contributed by atoms with Gasteiger partial charge in [0, 0.05) is 36.2 Å². The second-order valence-electron chi connectivity index (χ2n) is 7.43. The van der Waals surface area contributed by atoms with Crippen LogP contribution in [0.1, 0.15) is 11.1 Å². The molecule has 2 aromatic heterocycles. The summed E-state index contributed by atoms with van der Waals surface area (Å²) in [5.74, 6) is -1.95. The average molecular weight is 588 g/mol. The van der Waals surface area contributed by atoms with Crippen LogP contribution in [0.4, 0.5) is 34.8 Å². The van der Waals surface area contributed by atoms with Crippen molar-refractivity contribution in [2.75, 3.05) is 17.2 Å². The number of carbonyl (C=O) groups is 1. The number of nitrogens with two attached hydrogens (primary N) is 1. The van der Waals surface area contributed by atoms with Gasteiger partial charge in [-0.25, -0.2) is 37.5 Å². The Hall–Kier alpha value is -3.54. The maximum absolute atomic E-state index is 13.7. The highest BCUT2D eigenvalue weighted by Gasteiger charge is 2.26. The fourth-order valence-corrected chi connectivity index (χ4v) is 3.91. The molecule has 2 N–H and O–H groups in total. The van der Waals surface area contributed by atoms with Crippen LogP contribution in [-0.2, 0) is 17.6 Å². The van der Waals surface area contributed by atoms with E-state index >= 15 is 0 Å². The molecule has 38 heavy (non-hydrogen) atoms. The summed E-state index contributed by atoms with van der Waals surface area (Å²) in [6, 6.07) is 6.52. The number of benzene rings is 2. The number of aldehydes is 1. The van der Waals surface area contributed by atoms with Crippen molar-refractivity contribution < 1.29 is 22.4 Å². The monoisotopic (exact) mass is 586 g/mol. The Bertz CT molecular complexity index is 1430. The van der Waals surface area contributed by atoms with E-state index in [2.05, 4.69) is 19.9 Å². The zero-order chi connectivity index (χ0) is 27.8. The molecule has 1 aliphatic heterocycles. The molecule has 5 rings (SSSR count). The quantitative estimate of drug-likeness (QED) is 0.132. The number of aromatic nitrogens is 4. The van der Waals surface area contributed by atoms with Gasteiger partial charge in [-0.05, 0) is 30.7 Å². The zero-order valence-electron chi connectivity index (χ0n) is 19.2. The fourth-order valence-electron chi connectivity index (χ4n) is 3.22. The average Bonchev–Trinajstić information content (AvgIpc) is 3.30. The van der Waals surface area contributed by atoms with Crippen LogP contribution in [-0.4, -0.2) is 32.8 Å². The molecule has 4 aromatic rings. The molecule has 0 fully saturated rings. The molecular formula is C24H17Cl3F4N6O. The lowest BCUT2D eigenvalue weighted by Crippen LogP contribution is -2.15. The number of fused-ring (bicyclic) bond motifs is 1. The van der Waals surface area contributed by atoms with Crippen LogP contribution >= 0.6 is 34.8 Å². The van der Waals surface area contributed by atoms with Gasteiger partial charge in [0.15, 0.2) is 0 Å². The van der Waals surface area contributed by atoms with Gasteiger partial charge >= 0.3 is 0 Å². The third kappa shape index (κ3) is 7.27. The maximum Gasteiger partial charge on any atom is 0.149 e. The molecule has 0 unspecified atom stereocenters. The van der Waals surface area contributed by atoms with E-state index in [4.69, 9.17) is 40.5 Å². The van der Waals surface area contributed by atoms with Crippen molar-refractivity contribution in [3.05, 3.63) is 98.9 Å². The van der Waals surface area contributed by atoms with E-state index in [1.54, 1.807) is 4.90 Å². The van der Waals surface area contributed by atoms with Gasteiger partial charge in [0.25, 0.3) is 0 Å². The molecule has 14 heteroatoms. The van der Waals surface area contributed by atoms with E-state index in [9.17, 15) is 22.4 Å². The first-order valence-electron chi connectivity index (χ1n) is 10.6. The summed E-state index contributed by atoms with van der Waals surface area (Å²) in [7, 11) is 0. The number of rotatable bonds is 3. The number of anilines is 3. The molecule has 2 aromatic carbocycles. The van der Waals surface area contributed by atoms with E-state index in [1.165, 1.54) is 30.9 Å². The van der Waals surface area contributed by atoms with Gasteiger partial charge in [0.05, 0.1) is 11.4 Å². The number of nitrogens with zero attached hydrogens (tertiary/aromatic N) is 5. The standard InChI is InChI=1S/C12H8ClF2N3.C6H4Cl2N2O.C6H5F2N/c13-11-8-3-4-18(12(8)17-6-16-11)10-2-1-7(14)5-9(10)15;7-5-4(1-2-11)6(8)10-3-9-5;7-4-1-2-6(9)5(8)3-4/h1-2,5-6H,3-4H2;2-3H,1H2;1-3H,9H2. The van der Waals surface area contributed by atoms with Gasteiger partial charge in [-0.2, -0.15) is 0 Å². The van der Waals surface area contributed by atoms with Gasteiger partial charge < -0.3 is 15.4 Å². The minimum atomic E-state index is -0.713. The minimum Gasteiger partial charge on any atom is -0.396 e. The van der Waals surface area contributed by atoms with Gasteiger partial charge in [-0.15, -0.1) is 0 Å². The molecule has 3 heterocycles. The molecule has 198 valence electrons. The third-order valence-corrected chi connectivity index (χ3v) is 5.98. The largest absolute Gasteiger partial charge is 0.396 e. The van der Waals surface area contributed by atoms with Crippen molar-refractivity contribution >= 4 is 58.3 Å². The molecule has 0 saturated heterocycles. The molecule has 7 nitrogen and oxygen atoms in total. The summed E-state index contributed by atoms with van der Waals surface area (Å²) in [4.78, 5) is 27.1. The summed E-state index contributed by atoms with van der Waals surface area (Å²) >= 11 is 17.2. The van der Waals surface area contributed by atoms with Crippen molar-refractivity contribution in [3.8, 4) is 0 Å². The summed E-state index contributed by atoms with van der Waals surface area (Å²) in [5, 5.41) is 0.846. The summed E-state index contributed by atoms with van der Waals surface area (Å²) in [6.45, 7) is 0.552.